The molecule has 46 heavy (non-hydrogen) atoms. The van der Waals surface area contributed by atoms with Gasteiger partial charge in [-0.05, 0) is 76.1 Å². The highest BCUT2D eigenvalue weighted by molar-refractivity contribution is 6.94. The Labute approximate surface area is 265 Å². The van der Waals surface area contributed by atoms with Crippen LogP contribution in [0.5, 0.6) is 0 Å². The zero-order chi connectivity index (χ0) is 29.9. The first-order chi connectivity index (χ1) is 22.9. The molecule has 4 heterocycles. The lowest BCUT2D eigenvalue weighted by atomic mass is 9.43. The number of hydrogen-bond acceptors (Lipinski definition) is 2. The van der Waals surface area contributed by atoms with E-state index in [9.17, 15) is 0 Å². The largest absolute Gasteiger partial charge is 0.456 e. The number of aromatic nitrogens is 1. The minimum atomic E-state index is -0.0131. The van der Waals surface area contributed by atoms with Crippen molar-refractivity contribution in [3.8, 4) is 27.9 Å². The molecule has 0 N–H and O–H groups in total. The van der Waals surface area contributed by atoms with Crippen LogP contribution in [-0.2, 0) is 0 Å². The Hall–Kier alpha value is -6.00. The van der Waals surface area contributed by atoms with Crippen molar-refractivity contribution in [3.63, 3.8) is 0 Å². The monoisotopic (exact) mass is 584 g/mol. The average molecular weight is 584 g/mol. The Balaban J connectivity index is 1.43. The Morgan fingerprint density at radius 2 is 1.24 bits per heavy atom. The maximum absolute atomic E-state index is 6.52. The minimum Gasteiger partial charge on any atom is -0.456 e. The van der Waals surface area contributed by atoms with E-state index in [4.69, 9.17) is 4.42 Å². The molecule has 0 saturated heterocycles. The summed E-state index contributed by atoms with van der Waals surface area (Å²) in [4.78, 5) is 2.57. The van der Waals surface area contributed by atoms with Gasteiger partial charge in [0.1, 0.15) is 11.2 Å². The fourth-order valence-electron chi connectivity index (χ4n) is 8.41. The van der Waals surface area contributed by atoms with Gasteiger partial charge in [0.25, 0.3) is 0 Å². The Morgan fingerprint density at radius 1 is 0.522 bits per heavy atom. The zero-order valence-corrected chi connectivity index (χ0v) is 24.8. The molecule has 4 heteroatoms. The molecule has 9 aromatic rings. The van der Waals surface area contributed by atoms with Gasteiger partial charge in [0.05, 0.1) is 11.0 Å². The van der Waals surface area contributed by atoms with Gasteiger partial charge in [0.2, 0.25) is 0 Å². The van der Waals surface area contributed by atoms with Crippen molar-refractivity contribution < 1.29 is 4.42 Å². The van der Waals surface area contributed by atoms with Crippen LogP contribution in [0.2, 0.25) is 0 Å². The van der Waals surface area contributed by atoms with Gasteiger partial charge in [-0.2, -0.15) is 0 Å². The van der Waals surface area contributed by atoms with Crippen molar-refractivity contribution >= 4 is 72.9 Å². The summed E-state index contributed by atoms with van der Waals surface area (Å²) in [6.07, 6.45) is 0. The van der Waals surface area contributed by atoms with Crippen LogP contribution in [0.1, 0.15) is 0 Å². The highest BCUT2D eigenvalue weighted by Gasteiger charge is 2.45. The lowest BCUT2D eigenvalue weighted by molar-refractivity contribution is 0.669. The third-order valence-corrected chi connectivity index (χ3v) is 10.2. The minimum absolute atomic E-state index is 0.0131. The predicted octanol–water partition coefficient (Wildman–Crippen LogP) is 9.59. The number of benzene rings is 7. The van der Waals surface area contributed by atoms with E-state index in [2.05, 4.69) is 161 Å². The van der Waals surface area contributed by atoms with Gasteiger partial charge in [-0.1, -0.05) is 103 Å². The van der Waals surface area contributed by atoms with Gasteiger partial charge in [0, 0.05) is 44.2 Å². The van der Waals surface area contributed by atoms with E-state index in [1.54, 1.807) is 0 Å². The fraction of sp³-hybridized carbons (Fsp3) is 0. The summed E-state index contributed by atoms with van der Waals surface area (Å²) in [7, 11) is 0. The lowest BCUT2D eigenvalue weighted by Gasteiger charge is -2.42. The maximum Gasteiger partial charge on any atom is 0.333 e. The molecular formula is C42H25BN2O. The van der Waals surface area contributed by atoms with Crippen LogP contribution in [-0.4, -0.2) is 11.4 Å². The van der Waals surface area contributed by atoms with Gasteiger partial charge in [-0.3, -0.25) is 0 Å². The van der Waals surface area contributed by atoms with Crippen LogP contribution in [0.3, 0.4) is 0 Å². The molecule has 11 rings (SSSR count). The summed E-state index contributed by atoms with van der Waals surface area (Å²) in [6.45, 7) is -0.0131. The number of rotatable bonds is 2. The number of para-hydroxylation sites is 4. The van der Waals surface area contributed by atoms with Crippen molar-refractivity contribution in [2.75, 3.05) is 4.81 Å². The summed E-state index contributed by atoms with van der Waals surface area (Å²) in [6, 6.07) is 55.1. The molecule has 0 atom stereocenters. The molecule has 0 spiro atoms. The van der Waals surface area contributed by atoms with E-state index in [0.717, 1.165) is 16.6 Å². The summed E-state index contributed by atoms with van der Waals surface area (Å²) in [5.74, 6) is 0. The summed E-state index contributed by atoms with van der Waals surface area (Å²) >= 11 is 0. The Kier molecular flexibility index (Phi) is 4.66. The molecule has 2 aromatic heterocycles. The molecule has 0 fully saturated rings. The topological polar surface area (TPSA) is 21.3 Å². The highest BCUT2D eigenvalue weighted by atomic mass is 16.3. The van der Waals surface area contributed by atoms with Gasteiger partial charge in [-0.25, -0.2) is 0 Å². The maximum atomic E-state index is 6.52. The fourth-order valence-corrected chi connectivity index (χ4v) is 8.41. The summed E-state index contributed by atoms with van der Waals surface area (Å²) < 4.78 is 9.05. The van der Waals surface area contributed by atoms with E-state index in [1.807, 2.05) is 0 Å². The van der Waals surface area contributed by atoms with Crippen molar-refractivity contribution in [1.82, 2.24) is 4.57 Å². The number of furan rings is 1. The average Bonchev–Trinajstić information content (AvgIpc) is 3.68. The molecule has 0 saturated carbocycles. The van der Waals surface area contributed by atoms with Crippen LogP contribution in [0.4, 0.5) is 11.4 Å². The molecule has 0 aliphatic carbocycles. The second-order valence-electron chi connectivity index (χ2n) is 12.4. The molecular weight excluding hydrogens is 559 g/mol. The third kappa shape index (κ3) is 2.99. The summed E-state index contributed by atoms with van der Waals surface area (Å²) in [5.41, 5.74) is 15.6. The second kappa shape index (κ2) is 8.80. The normalized spacial score (nSPS) is 13.1. The van der Waals surface area contributed by atoms with Crippen LogP contribution >= 0.6 is 0 Å². The smallest absolute Gasteiger partial charge is 0.333 e. The van der Waals surface area contributed by atoms with Crippen molar-refractivity contribution in [2.24, 2.45) is 0 Å². The van der Waals surface area contributed by atoms with E-state index in [1.165, 1.54) is 77.4 Å². The Morgan fingerprint density at radius 3 is 2.11 bits per heavy atom. The molecule has 212 valence electrons. The third-order valence-electron chi connectivity index (χ3n) is 10.2. The van der Waals surface area contributed by atoms with Gasteiger partial charge < -0.3 is 13.8 Å². The molecule has 2 aliphatic rings. The summed E-state index contributed by atoms with van der Waals surface area (Å²) in [5, 5.41) is 4.90. The Bertz CT molecular complexity index is 2710. The quantitative estimate of drug-likeness (QED) is 0.189. The van der Waals surface area contributed by atoms with Crippen molar-refractivity contribution in [1.29, 1.82) is 0 Å². The van der Waals surface area contributed by atoms with E-state index in [0.29, 0.717) is 0 Å². The first kappa shape index (κ1) is 24.3. The zero-order valence-electron chi connectivity index (χ0n) is 24.8. The number of hydrogen-bond donors (Lipinski definition) is 0. The first-order valence-corrected chi connectivity index (χ1v) is 15.9. The first-order valence-electron chi connectivity index (χ1n) is 15.9. The van der Waals surface area contributed by atoms with Crippen molar-refractivity contribution in [2.45, 2.75) is 0 Å². The standard InChI is InChI=1S/C42H25BN2O/c1-3-13-26(14-4-1)30-25-31-39-35(23-24-37-40(39)29-18-8-12-22-36(29)46-37)45(27-15-5-2-6-16-27)43-32-19-9-11-21-34(32)44-33-20-10-7-17-28(33)38(30)42(44)41(31)43/h1-25H. The molecule has 3 nitrogen and oxygen atoms in total. The molecule has 7 aromatic carbocycles. The molecule has 0 radical (unpaired) electrons. The van der Waals surface area contributed by atoms with Gasteiger partial charge in [0.15, 0.2) is 0 Å². The SMILES string of the molecule is c1ccc(-c2cc3c4c5c2c2ccccc2n5-c2ccccc2B4N(c2ccccc2)c2ccc4oc5ccccc5c4c2-3)cc1. The van der Waals surface area contributed by atoms with Crippen LogP contribution in [0.25, 0.3) is 71.7 Å². The highest BCUT2D eigenvalue weighted by Crippen LogP contribution is 2.51. The number of fused-ring (bicyclic) bond motifs is 12. The van der Waals surface area contributed by atoms with Gasteiger partial charge >= 0.3 is 6.85 Å². The lowest BCUT2D eigenvalue weighted by Crippen LogP contribution is -2.60. The van der Waals surface area contributed by atoms with Crippen molar-refractivity contribution in [3.05, 3.63) is 152 Å². The number of nitrogens with zero attached hydrogens (tertiary/aromatic N) is 2. The van der Waals surface area contributed by atoms with E-state index >= 15 is 0 Å². The predicted molar refractivity (Wildman–Crippen MR) is 193 cm³/mol. The second-order valence-corrected chi connectivity index (χ2v) is 12.4. The van der Waals surface area contributed by atoms with Crippen LogP contribution in [0, 0.1) is 0 Å². The molecule has 2 aliphatic heterocycles. The van der Waals surface area contributed by atoms with Crippen LogP contribution < -0.4 is 15.7 Å². The van der Waals surface area contributed by atoms with E-state index in [-0.39, 0.29) is 6.85 Å². The van der Waals surface area contributed by atoms with Gasteiger partial charge in [-0.15, -0.1) is 0 Å². The van der Waals surface area contributed by atoms with Crippen LogP contribution in [0.15, 0.2) is 156 Å². The molecule has 0 unspecified atom stereocenters. The molecule has 0 amide bonds. The molecule has 0 bridgehead atoms. The number of anilines is 2. The van der Waals surface area contributed by atoms with E-state index < -0.39 is 0 Å².